The van der Waals surface area contributed by atoms with E-state index >= 15 is 0 Å². The van der Waals surface area contributed by atoms with E-state index in [1.54, 1.807) is 0 Å². The van der Waals surface area contributed by atoms with E-state index in [4.69, 9.17) is 12.2 Å². The van der Waals surface area contributed by atoms with Crippen LogP contribution >= 0.6 is 12.2 Å². The number of benzene rings is 3. The normalized spacial score (nSPS) is 13.8. The quantitative estimate of drug-likeness (QED) is 0.335. The van der Waals surface area contributed by atoms with Gasteiger partial charge in [-0.15, -0.1) is 0 Å². The zero-order valence-electron chi connectivity index (χ0n) is 18.4. The highest BCUT2D eigenvalue weighted by molar-refractivity contribution is 7.80. The van der Waals surface area contributed by atoms with E-state index in [2.05, 4.69) is 64.9 Å². The Morgan fingerprint density at radius 2 is 1.75 bits per heavy atom. The van der Waals surface area contributed by atoms with Gasteiger partial charge < -0.3 is 9.47 Å². The van der Waals surface area contributed by atoms with Crippen LogP contribution in [0.4, 0.5) is 4.39 Å². The lowest BCUT2D eigenvalue weighted by molar-refractivity contribution is 0.420. The van der Waals surface area contributed by atoms with Crippen LogP contribution < -0.4 is 0 Å². The summed E-state index contributed by atoms with van der Waals surface area (Å²) >= 11 is 5.86. The van der Waals surface area contributed by atoms with Gasteiger partial charge in [0.1, 0.15) is 5.82 Å². The SMILES string of the molecule is Cc1ccc2c(c1)c1c(n2Cc2ccccc2)CCCN(C(=S)Cc2ccc(F)cc2)C1. The zero-order chi connectivity index (χ0) is 22.1. The largest absolute Gasteiger partial charge is 0.361 e. The van der Waals surface area contributed by atoms with E-state index in [1.807, 2.05) is 12.1 Å². The van der Waals surface area contributed by atoms with Gasteiger partial charge in [0.2, 0.25) is 0 Å². The van der Waals surface area contributed by atoms with Gasteiger partial charge in [-0.1, -0.05) is 66.3 Å². The lowest BCUT2D eigenvalue weighted by Gasteiger charge is -2.24. The monoisotopic (exact) mass is 442 g/mol. The minimum Gasteiger partial charge on any atom is -0.361 e. The number of hydrogen-bond donors (Lipinski definition) is 0. The predicted octanol–water partition coefficient (Wildman–Crippen LogP) is 6.46. The molecule has 0 radical (unpaired) electrons. The van der Waals surface area contributed by atoms with E-state index in [-0.39, 0.29) is 5.82 Å². The Hall–Kier alpha value is -2.98. The lowest BCUT2D eigenvalue weighted by Crippen LogP contribution is -2.30. The van der Waals surface area contributed by atoms with Crippen LogP contribution in [-0.2, 0) is 25.9 Å². The van der Waals surface area contributed by atoms with E-state index in [0.717, 1.165) is 43.0 Å². The molecular formula is C28H27FN2S. The van der Waals surface area contributed by atoms with Gasteiger partial charge >= 0.3 is 0 Å². The molecule has 1 aliphatic rings. The average molecular weight is 443 g/mol. The Kier molecular flexibility index (Phi) is 5.79. The highest BCUT2D eigenvalue weighted by Crippen LogP contribution is 2.32. The minimum atomic E-state index is -0.208. The van der Waals surface area contributed by atoms with Crippen molar-refractivity contribution < 1.29 is 4.39 Å². The molecule has 32 heavy (non-hydrogen) atoms. The first-order valence-electron chi connectivity index (χ1n) is 11.3. The number of aromatic nitrogens is 1. The van der Waals surface area contributed by atoms with Crippen molar-refractivity contribution in [3.05, 3.63) is 107 Å². The summed E-state index contributed by atoms with van der Waals surface area (Å²) in [6.45, 7) is 4.83. The standard InChI is InChI=1S/C28H27FN2S/c1-20-9-14-27-24(16-20)25-19-30(28(32)17-21-10-12-23(29)13-11-21)15-5-8-26(25)31(27)18-22-6-3-2-4-7-22/h2-4,6-7,9-14,16H,5,8,15,17-19H2,1H3. The smallest absolute Gasteiger partial charge is 0.123 e. The Morgan fingerprint density at radius 3 is 2.53 bits per heavy atom. The third-order valence-electron chi connectivity index (χ3n) is 6.44. The summed E-state index contributed by atoms with van der Waals surface area (Å²) in [5.74, 6) is -0.208. The Morgan fingerprint density at radius 1 is 0.969 bits per heavy atom. The molecule has 1 aromatic heterocycles. The summed E-state index contributed by atoms with van der Waals surface area (Å²) in [6, 6.07) is 24.2. The molecule has 4 heteroatoms. The molecule has 0 bridgehead atoms. The molecular weight excluding hydrogens is 415 g/mol. The highest BCUT2D eigenvalue weighted by atomic mass is 32.1. The van der Waals surface area contributed by atoms with E-state index < -0.39 is 0 Å². The molecule has 2 heterocycles. The maximum absolute atomic E-state index is 13.3. The Labute approximate surface area is 194 Å². The fraction of sp³-hybridized carbons (Fsp3) is 0.250. The van der Waals surface area contributed by atoms with Crippen LogP contribution in [0.2, 0.25) is 0 Å². The second kappa shape index (κ2) is 8.87. The number of halogens is 1. The molecule has 0 spiro atoms. The number of hydrogen-bond acceptors (Lipinski definition) is 1. The molecule has 0 aliphatic carbocycles. The zero-order valence-corrected chi connectivity index (χ0v) is 19.2. The summed E-state index contributed by atoms with van der Waals surface area (Å²) < 4.78 is 15.8. The summed E-state index contributed by atoms with van der Waals surface area (Å²) in [4.78, 5) is 3.28. The Balaban J connectivity index is 1.50. The van der Waals surface area contributed by atoms with Crippen LogP contribution in [0.15, 0.2) is 72.8 Å². The number of rotatable bonds is 4. The lowest BCUT2D eigenvalue weighted by atomic mass is 10.1. The van der Waals surface area contributed by atoms with Crippen molar-refractivity contribution in [3.8, 4) is 0 Å². The number of aryl methyl sites for hydroxylation is 1. The van der Waals surface area contributed by atoms with Crippen LogP contribution in [0.5, 0.6) is 0 Å². The van der Waals surface area contributed by atoms with Crippen molar-refractivity contribution in [1.82, 2.24) is 9.47 Å². The van der Waals surface area contributed by atoms with Crippen LogP contribution in [-0.4, -0.2) is 21.0 Å². The van der Waals surface area contributed by atoms with Crippen molar-refractivity contribution in [2.24, 2.45) is 0 Å². The van der Waals surface area contributed by atoms with Gasteiger partial charge in [-0.05, 0) is 55.2 Å². The van der Waals surface area contributed by atoms with Gasteiger partial charge in [-0.25, -0.2) is 4.39 Å². The van der Waals surface area contributed by atoms with E-state index in [9.17, 15) is 4.39 Å². The molecule has 4 aromatic rings. The summed E-state index contributed by atoms with van der Waals surface area (Å²) in [5, 5.41) is 1.34. The second-order valence-corrected chi connectivity index (χ2v) is 9.21. The maximum atomic E-state index is 13.3. The second-order valence-electron chi connectivity index (χ2n) is 8.74. The fourth-order valence-electron chi connectivity index (χ4n) is 4.81. The molecule has 1 aliphatic heterocycles. The molecule has 162 valence electrons. The van der Waals surface area contributed by atoms with Gasteiger partial charge in [0.05, 0.1) is 4.99 Å². The van der Waals surface area contributed by atoms with Gasteiger partial charge in [-0.2, -0.15) is 0 Å². The number of nitrogens with zero attached hydrogens (tertiary/aromatic N) is 2. The summed E-state index contributed by atoms with van der Waals surface area (Å²) in [6.07, 6.45) is 2.79. The topological polar surface area (TPSA) is 8.17 Å². The molecule has 0 fully saturated rings. The van der Waals surface area contributed by atoms with Crippen molar-refractivity contribution >= 4 is 28.1 Å². The summed E-state index contributed by atoms with van der Waals surface area (Å²) in [5.41, 5.74) is 7.79. The third kappa shape index (κ3) is 4.20. The van der Waals surface area contributed by atoms with Crippen LogP contribution in [0.1, 0.15) is 34.4 Å². The van der Waals surface area contributed by atoms with Crippen molar-refractivity contribution in [2.75, 3.05) is 6.54 Å². The third-order valence-corrected chi connectivity index (χ3v) is 6.84. The number of fused-ring (bicyclic) bond motifs is 3. The van der Waals surface area contributed by atoms with Gasteiger partial charge in [-0.3, -0.25) is 0 Å². The van der Waals surface area contributed by atoms with Gasteiger partial charge in [0, 0.05) is 48.2 Å². The molecule has 0 saturated heterocycles. The first-order valence-corrected chi connectivity index (χ1v) is 11.7. The molecule has 2 nitrogen and oxygen atoms in total. The molecule has 0 saturated carbocycles. The van der Waals surface area contributed by atoms with Crippen molar-refractivity contribution in [3.63, 3.8) is 0 Å². The molecule has 0 unspecified atom stereocenters. The summed E-state index contributed by atoms with van der Waals surface area (Å²) in [7, 11) is 0. The molecule has 3 aromatic carbocycles. The Bertz CT molecular complexity index is 1260. The predicted molar refractivity (Wildman–Crippen MR) is 134 cm³/mol. The molecule has 0 N–H and O–H groups in total. The first kappa shape index (κ1) is 20.9. The van der Waals surface area contributed by atoms with Gasteiger partial charge in [0.15, 0.2) is 0 Å². The van der Waals surface area contributed by atoms with Gasteiger partial charge in [0.25, 0.3) is 0 Å². The fourth-order valence-corrected chi connectivity index (χ4v) is 5.13. The highest BCUT2D eigenvalue weighted by Gasteiger charge is 2.24. The van der Waals surface area contributed by atoms with Crippen LogP contribution in [0, 0.1) is 12.7 Å². The van der Waals surface area contributed by atoms with Crippen molar-refractivity contribution in [2.45, 2.75) is 39.3 Å². The van der Waals surface area contributed by atoms with Crippen molar-refractivity contribution in [1.29, 1.82) is 0 Å². The van der Waals surface area contributed by atoms with Crippen LogP contribution in [0.3, 0.4) is 0 Å². The first-order chi connectivity index (χ1) is 15.6. The molecule has 5 rings (SSSR count). The average Bonchev–Trinajstić information content (AvgIpc) is 2.94. The number of thiocarbonyl (C=S) groups is 1. The van der Waals surface area contributed by atoms with E-state index in [1.165, 1.54) is 45.4 Å². The minimum absolute atomic E-state index is 0.208. The molecule has 0 amide bonds. The molecule has 0 atom stereocenters. The maximum Gasteiger partial charge on any atom is 0.123 e. The van der Waals surface area contributed by atoms with Crippen LogP contribution in [0.25, 0.3) is 10.9 Å². The van der Waals surface area contributed by atoms with E-state index in [0.29, 0.717) is 6.42 Å².